The molecule has 2 atom stereocenters. The molecule has 2 aromatic heterocycles. The second-order valence-electron chi connectivity index (χ2n) is 5.99. The van der Waals surface area contributed by atoms with Gasteiger partial charge in [0.2, 0.25) is 0 Å². The van der Waals surface area contributed by atoms with E-state index in [1.807, 2.05) is 19.1 Å². The number of nitrogens with one attached hydrogen (secondary N) is 1. The van der Waals surface area contributed by atoms with Gasteiger partial charge in [-0.3, -0.25) is 4.79 Å². The summed E-state index contributed by atoms with van der Waals surface area (Å²) >= 11 is 1.52. The van der Waals surface area contributed by atoms with Gasteiger partial charge in [0.1, 0.15) is 5.69 Å². The summed E-state index contributed by atoms with van der Waals surface area (Å²) in [6.07, 6.45) is 4.88. The van der Waals surface area contributed by atoms with Gasteiger partial charge in [-0.05, 0) is 44.9 Å². The average molecular weight is 390 g/mol. The molecule has 0 aliphatic carbocycles. The molecule has 132 valence electrons. The van der Waals surface area contributed by atoms with Crippen LogP contribution in [0, 0.1) is 6.92 Å². The maximum absolute atomic E-state index is 13.0. The van der Waals surface area contributed by atoms with E-state index in [1.165, 1.54) is 11.3 Å². The predicted molar refractivity (Wildman–Crippen MR) is 99.5 cm³/mol. The number of fused-ring (bicyclic) bond motifs is 2. The van der Waals surface area contributed by atoms with Gasteiger partial charge in [-0.1, -0.05) is 0 Å². The molecule has 2 unspecified atom stereocenters. The summed E-state index contributed by atoms with van der Waals surface area (Å²) in [6, 6.07) is 4.40. The molecule has 4 rings (SSSR count). The van der Waals surface area contributed by atoms with Crippen molar-refractivity contribution in [3.63, 3.8) is 0 Å². The summed E-state index contributed by atoms with van der Waals surface area (Å²) in [5.41, 5.74) is 0.593. The fourth-order valence-electron chi connectivity index (χ4n) is 3.54. The topological polar surface area (TPSA) is 58.4 Å². The Labute approximate surface area is 157 Å². The summed E-state index contributed by atoms with van der Waals surface area (Å²) in [7, 11) is 0. The summed E-state index contributed by atoms with van der Waals surface area (Å²) in [4.78, 5) is 20.6. The van der Waals surface area contributed by atoms with Gasteiger partial charge in [-0.2, -0.15) is 0 Å². The van der Waals surface area contributed by atoms with E-state index in [0.29, 0.717) is 17.8 Å². The number of nitrogens with zero attached hydrogens (tertiary/aromatic N) is 2. The Morgan fingerprint density at radius 2 is 2.12 bits per heavy atom. The van der Waals surface area contributed by atoms with E-state index < -0.39 is 0 Å². The van der Waals surface area contributed by atoms with Gasteiger partial charge in [0, 0.05) is 23.5 Å². The van der Waals surface area contributed by atoms with Crippen LogP contribution in [-0.2, 0) is 0 Å². The van der Waals surface area contributed by atoms with Gasteiger partial charge >= 0.3 is 0 Å². The zero-order chi connectivity index (χ0) is 15.1. The number of amides is 1. The number of aryl methyl sites for hydroxylation is 1. The highest BCUT2D eigenvalue weighted by Gasteiger charge is 2.39. The van der Waals surface area contributed by atoms with E-state index >= 15 is 0 Å². The van der Waals surface area contributed by atoms with Crippen LogP contribution in [0.2, 0.25) is 0 Å². The summed E-state index contributed by atoms with van der Waals surface area (Å²) in [5.74, 6) is 0.815. The van der Waals surface area contributed by atoms with Crippen molar-refractivity contribution >= 4 is 42.1 Å². The number of rotatable bonds is 2. The first-order valence-electron chi connectivity index (χ1n) is 7.78. The lowest BCUT2D eigenvalue weighted by Gasteiger charge is -2.27. The molecule has 1 N–H and O–H groups in total. The number of thiazole rings is 1. The molecule has 2 aliphatic rings. The molecule has 1 amide bonds. The lowest BCUT2D eigenvalue weighted by molar-refractivity contribution is 0.0674. The highest BCUT2D eigenvalue weighted by atomic mass is 35.5. The molecule has 0 aromatic carbocycles. The molecular formula is C16H21Cl2N3O2S. The van der Waals surface area contributed by atoms with Crippen LogP contribution in [0.1, 0.15) is 34.6 Å². The third-order valence-electron chi connectivity index (χ3n) is 4.62. The Hall–Kier alpha value is -1.08. The second-order valence-corrected chi connectivity index (χ2v) is 7.19. The lowest BCUT2D eigenvalue weighted by atomic mass is 10.1. The number of carbonyl (C=O) groups excluding carboxylic acids is 1. The van der Waals surface area contributed by atoms with Crippen molar-refractivity contribution in [1.29, 1.82) is 0 Å². The van der Waals surface area contributed by atoms with Crippen LogP contribution in [0.3, 0.4) is 0 Å². The molecule has 2 bridgehead atoms. The van der Waals surface area contributed by atoms with Crippen LogP contribution in [0.15, 0.2) is 22.8 Å². The monoisotopic (exact) mass is 389 g/mol. The molecule has 5 nitrogen and oxygen atoms in total. The van der Waals surface area contributed by atoms with E-state index in [1.54, 1.807) is 6.26 Å². The van der Waals surface area contributed by atoms with E-state index in [2.05, 4.69) is 15.2 Å². The third kappa shape index (κ3) is 3.33. The predicted octanol–water partition coefficient (Wildman–Crippen LogP) is 3.52. The van der Waals surface area contributed by atoms with Gasteiger partial charge in [-0.15, -0.1) is 36.2 Å². The lowest BCUT2D eigenvalue weighted by Crippen LogP contribution is -2.42. The number of carbonyl (C=O) groups is 1. The van der Waals surface area contributed by atoms with Crippen molar-refractivity contribution in [1.82, 2.24) is 15.2 Å². The third-order valence-corrected chi connectivity index (χ3v) is 5.61. The summed E-state index contributed by atoms with van der Waals surface area (Å²) in [6.45, 7) is 3.87. The van der Waals surface area contributed by atoms with Crippen LogP contribution >= 0.6 is 36.2 Å². The first kappa shape index (κ1) is 19.2. The largest absolute Gasteiger partial charge is 0.462 e. The minimum Gasteiger partial charge on any atom is -0.462 e. The zero-order valence-electron chi connectivity index (χ0n) is 13.4. The van der Waals surface area contributed by atoms with Crippen molar-refractivity contribution in [2.24, 2.45) is 0 Å². The van der Waals surface area contributed by atoms with Crippen LogP contribution in [0.4, 0.5) is 0 Å². The highest BCUT2D eigenvalue weighted by Crippen LogP contribution is 2.33. The van der Waals surface area contributed by atoms with E-state index in [4.69, 9.17) is 4.42 Å². The van der Waals surface area contributed by atoms with Crippen LogP contribution in [0.25, 0.3) is 10.8 Å². The van der Waals surface area contributed by atoms with E-state index in [0.717, 1.165) is 48.0 Å². The van der Waals surface area contributed by atoms with Gasteiger partial charge in [0.15, 0.2) is 10.8 Å². The molecule has 0 saturated carbocycles. The first-order chi connectivity index (χ1) is 10.7. The van der Waals surface area contributed by atoms with Crippen molar-refractivity contribution in [2.45, 2.75) is 38.3 Å². The minimum absolute atomic E-state index is 0. The zero-order valence-corrected chi connectivity index (χ0v) is 15.8. The molecule has 0 spiro atoms. The van der Waals surface area contributed by atoms with E-state index in [-0.39, 0.29) is 30.7 Å². The fourth-order valence-corrected chi connectivity index (χ4v) is 4.41. The maximum Gasteiger partial charge on any atom is 0.274 e. The molecule has 0 radical (unpaired) electrons. The molecule has 8 heteroatoms. The van der Waals surface area contributed by atoms with Crippen molar-refractivity contribution in [3.8, 4) is 10.8 Å². The fraction of sp³-hybridized carbons (Fsp3) is 0.500. The molecular weight excluding hydrogens is 369 g/mol. The number of aromatic nitrogens is 1. The average Bonchev–Trinajstić information content (AvgIpc) is 3.16. The number of hydrogen-bond acceptors (Lipinski definition) is 5. The Morgan fingerprint density at radius 3 is 2.88 bits per heavy atom. The van der Waals surface area contributed by atoms with Crippen molar-refractivity contribution in [2.75, 3.05) is 13.1 Å². The molecule has 24 heavy (non-hydrogen) atoms. The molecule has 2 fully saturated rings. The van der Waals surface area contributed by atoms with Gasteiger partial charge in [0.05, 0.1) is 6.26 Å². The van der Waals surface area contributed by atoms with Crippen LogP contribution in [-0.4, -0.2) is 41.0 Å². The first-order valence-corrected chi connectivity index (χ1v) is 8.60. The Balaban J connectivity index is 0.00000104. The number of hydrogen-bond donors (Lipinski definition) is 1. The quantitative estimate of drug-likeness (QED) is 0.853. The van der Waals surface area contributed by atoms with E-state index in [9.17, 15) is 4.79 Å². The normalized spacial score (nSPS) is 22.5. The number of furan rings is 1. The SMILES string of the molecule is Cc1sc(-c2ccco2)nc1C(=O)N1C2CCNCC1CC2.Cl.Cl. The molecule has 2 aromatic rings. The molecule has 2 aliphatic heterocycles. The molecule has 4 heterocycles. The van der Waals surface area contributed by atoms with Crippen molar-refractivity contribution < 1.29 is 9.21 Å². The smallest absolute Gasteiger partial charge is 0.274 e. The minimum atomic E-state index is 0. The second kappa shape index (κ2) is 7.87. The maximum atomic E-state index is 13.0. The standard InChI is InChI=1S/C16H19N3O2S.2ClH/c1-10-14(18-15(22-10)13-3-2-8-21-13)16(20)19-11-4-5-12(19)9-17-7-6-11;;/h2-3,8,11-12,17H,4-7,9H2,1H3;2*1H. The highest BCUT2D eigenvalue weighted by molar-refractivity contribution is 7.15. The summed E-state index contributed by atoms with van der Waals surface area (Å²) < 4.78 is 5.40. The Bertz CT molecular complexity index is 676. The summed E-state index contributed by atoms with van der Waals surface area (Å²) in [5, 5.41) is 4.21. The van der Waals surface area contributed by atoms with Gasteiger partial charge in [0.25, 0.3) is 5.91 Å². The van der Waals surface area contributed by atoms with Crippen LogP contribution < -0.4 is 5.32 Å². The van der Waals surface area contributed by atoms with Gasteiger partial charge in [-0.25, -0.2) is 4.98 Å². The Morgan fingerprint density at radius 1 is 1.33 bits per heavy atom. The molecule has 2 saturated heterocycles. The number of halogens is 2. The van der Waals surface area contributed by atoms with Crippen LogP contribution in [0.5, 0.6) is 0 Å². The Kier molecular flexibility index (Phi) is 6.31. The van der Waals surface area contributed by atoms with Crippen molar-refractivity contribution in [3.05, 3.63) is 29.0 Å². The van der Waals surface area contributed by atoms with Gasteiger partial charge < -0.3 is 14.6 Å².